The smallest absolute Gasteiger partial charge is 0.356 e. The van der Waals surface area contributed by atoms with E-state index in [4.69, 9.17) is 4.42 Å². The third kappa shape index (κ3) is 3.85. The molecule has 0 spiro atoms. The number of aryl methyl sites for hydroxylation is 2. The maximum atomic E-state index is 13.2. The van der Waals surface area contributed by atoms with E-state index >= 15 is 0 Å². The van der Waals surface area contributed by atoms with Crippen molar-refractivity contribution in [1.29, 1.82) is 0 Å². The van der Waals surface area contributed by atoms with Crippen LogP contribution in [0.1, 0.15) is 45.8 Å². The third-order valence-electron chi connectivity index (χ3n) is 5.39. The van der Waals surface area contributed by atoms with Crippen LogP contribution in [0.15, 0.2) is 58.0 Å². The molecule has 3 heterocycles. The monoisotopic (exact) mass is 429 g/mol. The summed E-state index contributed by atoms with van der Waals surface area (Å²) >= 11 is 0. The lowest BCUT2D eigenvalue weighted by Crippen LogP contribution is -2.15. The van der Waals surface area contributed by atoms with Gasteiger partial charge in [-0.1, -0.05) is 6.07 Å². The van der Waals surface area contributed by atoms with E-state index in [1.54, 1.807) is 44.4 Å². The van der Waals surface area contributed by atoms with Gasteiger partial charge in [-0.05, 0) is 63.6 Å². The number of hydrogen-bond acceptors (Lipinski definition) is 6. The molecule has 1 aromatic carbocycles. The second-order valence-corrected chi connectivity index (χ2v) is 7.88. The van der Waals surface area contributed by atoms with Crippen LogP contribution in [-0.4, -0.2) is 21.0 Å². The summed E-state index contributed by atoms with van der Waals surface area (Å²) in [4.78, 5) is 33.1. The maximum Gasteiger partial charge on any atom is 0.356 e. The number of aromatic nitrogens is 2. The zero-order valence-electron chi connectivity index (χ0n) is 18.3. The van der Waals surface area contributed by atoms with Gasteiger partial charge in [0.1, 0.15) is 11.3 Å². The van der Waals surface area contributed by atoms with Gasteiger partial charge in [0.15, 0.2) is 11.1 Å². The fraction of sp³-hybridized carbons (Fsp3) is 0.200. The molecule has 0 bridgehead atoms. The van der Waals surface area contributed by atoms with Gasteiger partial charge in [0.2, 0.25) is 0 Å². The highest BCUT2D eigenvalue weighted by atomic mass is 16.4. The van der Waals surface area contributed by atoms with Crippen molar-refractivity contribution < 1.29 is 14.3 Å². The molecule has 7 nitrogen and oxygen atoms in total. The average molecular weight is 429 g/mol. The van der Waals surface area contributed by atoms with E-state index in [1.165, 1.54) is 0 Å². The number of fused-ring (bicyclic) bond motifs is 1. The minimum atomic E-state index is -1.11. The summed E-state index contributed by atoms with van der Waals surface area (Å²) in [7, 11) is 0. The lowest BCUT2D eigenvalue weighted by atomic mass is 9.99. The molecule has 1 atom stereocenters. The highest BCUT2D eigenvalue weighted by molar-refractivity contribution is 5.92. The molecule has 2 N–H and O–H groups in total. The van der Waals surface area contributed by atoms with Crippen LogP contribution in [-0.2, 0) is 0 Å². The minimum absolute atomic E-state index is 0.0536. The molecule has 0 saturated carbocycles. The van der Waals surface area contributed by atoms with E-state index in [0.29, 0.717) is 39.2 Å². The SMILES string of the molecule is Cc1cc([C@@H](C)Nc2ccc(C)nc2C(=O)O)c2oc(-c3cccnc3)c(C)c(=O)c2c1. The van der Waals surface area contributed by atoms with E-state index < -0.39 is 5.97 Å². The minimum Gasteiger partial charge on any atom is -0.476 e. The number of rotatable bonds is 5. The van der Waals surface area contributed by atoms with Crippen molar-refractivity contribution in [3.8, 4) is 11.3 Å². The van der Waals surface area contributed by atoms with Crippen LogP contribution >= 0.6 is 0 Å². The summed E-state index contributed by atoms with van der Waals surface area (Å²) in [5.41, 5.74) is 4.19. The molecular formula is C25H23N3O4. The lowest BCUT2D eigenvalue weighted by Gasteiger charge is -2.19. The van der Waals surface area contributed by atoms with E-state index in [-0.39, 0.29) is 17.2 Å². The second kappa shape index (κ2) is 8.26. The number of nitrogens with zero attached hydrogens (tertiary/aromatic N) is 2. The highest BCUT2D eigenvalue weighted by Crippen LogP contribution is 2.32. The Balaban J connectivity index is 1.88. The standard InChI is InChI=1S/C25H23N3O4/c1-13-10-18(16(4)28-20-8-7-14(2)27-21(20)25(30)31)24-19(11-13)22(29)15(3)23(32-24)17-6-5-9-26-12-17/h5-12,16,28H,1-4H3,(H,30,31)/t16-/m1/s1. The van der Waals surface area contributed by atoms with Crippen LogP contribution in [0.25, 0.3) is 22.3 Å². The quantitative estimate of drug-likeness (QED) is 0.457. The molecule has 0 amide bonds. The van der Waals surface area contributed by atoms with Crippen LogP contribution in [0.3, 0.4) is 0 Å². The summed E-state index contributed by atoms with van der Waals surface area (Å²) in [5, 5.41) is 13.3. The van der Waals surface area contributed by atoms with Crippen molar-refractivity contribution >= 4 is 22.6 Å². The zero-order valence-corrected chi connectivity index (χ0v) is 18.3. The third-order valence-corrected chi connectivity index (χ3v) is 5.39. The van der Waals surface area contributed by atoms with Gasteiger partial charge in [0.05, 0.1) is 17.1 Å². The predicted octanol–water partition coefficient (Wildman–Crippen LogP) is 5.05. The molecule has 4 aromatic rings. The Labute approximate surface area is 184 Å². The van der Waals surface area contributed by atoms with Crippen LogP contribution < -0.4 is 10.7 Å². The lowest BCUT2D eigenvalue weighted by molar-refractivity contribution is 0.0691. The van der Waals surface area contributed by atoms with E-state index in [2.05, 4.69) is 15.3 Å². The summed E-state index contributed by atoms with van der Waals surface area (Å²) in [6.07, 6.45) is 3.32. The van der Waals surface area contributed by atoms with Crippen molar-refractivity contribution in [3.63, 3.8) is 0 Å². The Morgan fingerprint density at radius 3 is 2.62 bits per heavy atom. The molecule has 0 unspecified atom stereocenters. The molecule has 0 aliphatic carbocycles. The van der Waals surface area contributed by atoms with Gasteiger partial charge >= 0.3 is 5.97 Å². The molecule has 0 fully saturated rings. The summed E-state index contributed by atoms with van der Waals surface area (Å²) in [5.74, 6) is -0.644. The topological polar surface area (TPSA) is 105 Å². The van der Waals surface area contributed by atoms with Crippen molar-refractivity contribution in [2.75, 3.05) is 5.32 Å². The fourth-order valence-corrected chi connectivity index (χ4v) is 3.81. The summed E-state index contributed by atoms with van der Waals surface area (Å²) in [6, 6.07) is 10.5. The van der Waals surface area contributed by atoms with Crippen LogP contribution in [0.5, 0.6) is 0 Å². The first-order chi connectivity index (χ1) is 15.3. The van der Waals surface area contributed by atoms with Gasteiger partial charge in [0.25, 0.3) is 0 Å². The van der Waals surface area contributed by atoms with Gasteiger partial charge in [0, 0.05) is 34.8 Å². The molecule has 4 rings (SSSR count). The molecule has 0 radical (unpaired) electrons. The Morgan fingerprint density at radius 2 is 1.94 bits per heavy atom. The van der Waals surface area contributed by atoms with Crippen molar-refractivity contribution in [3.05, 3.63) is 87.1 Å². The number of nitrogens with one attached hydrogen (secondary N) is 1. The predicted molar refractivity (Wildman–Crippen MR) is 123 cm³/mol. The summed E-state index contributed by atoms with van der Waals surface area (Å²) in [6.45, 7) is 7.29. The highest BCUT2D eigenvalue weighted by Gasteiger charge is 2.21. The van der Waals surface area contributed by atoms with Gasteiger partial charge in [-0.15, -0.1) is 0 Å². The number of hydrogen-bond donors (Lipinski definition) is 2. The fourth-order valence-electron chi connectivity index (χ4n) is 3.81. The number of carbonyl (C=O) groups is 1. The Bertz CT molecular complexity index is 1390. The number of carboxylic acid groups (broad SMARTS) is 1. The molecule has 3 aromatic heterocycles. The van der Waals surface area contributed by atoms with Crippen molar-refractivity contribution in [2.24, 2.45) is 0 Å². The molecule has 0 saturated heterocycles. The van der Waals surface area contributed by atoms with Crippen molar-refractivity contribution in [1.82, 2.24) is 9.97 Å². The number of anilines is 1. The van der Waals surface area contributed by atoms with Crippen molar-refractivity contribution in [2.45, 2.75) is 33.7 Å². The van der Waals surface area contributed by atoms with Crippen LogP contribution in [0, 0.1) is 20.8 Å². The largest absolute Gasteiger partial charge is 0.476 e. The maximum absolute atomic E-state index is 13.2. The number of carboxylic acids is 1. The first kappa shape index (κ1) is 21.2. The molecule has 162 valence electrons. The zero-order chi connectivity index (χ0) is 23.0. The number of aromatic carboxylic acids is 1. The van der Waals surface area contributed by atoms with Crippen LogP contribution in [0.4, 0.5) is 5.69 Å². The Kier molecular flexibility index (Phi) is 5.48. The molecule has 7 heteroatoms. The van der Waals surface area contributed by atoms with E-state index in [1.807, 2.05) is 32.0 Å². The molecular weight excluding hydrogens is 406 g/mol. The van der Waals surface area contributed by atoms with Gasteiger partial charge in [-0.2, -0.15) is 0 Å². The van der Waals surface area contributed by atoms with E-state index in [9.17, 15) is 14.7 Å². The average Bonchev–Trinajstić information content (AvgIpc) is 2.77. The van der Waals surface area contributed by atoms with E-state index in [0.717, 1.165) is 11.1 Å². The van der Waals surface area contributed by atoms with Gasteiger partial charge in [-0.25, -0.2) is 9.78 Å². The molecule has 0 aliphatic heterocycles. The molecule has 0 aliphatic rings. The Morgan fingerprint density at radius 1 is 1.16 bits per heavy atom. The number of pyridine rings is 2. The van der Waals surface area contributed by atoms with Crippen LogP contribution in [0.2, 0.25) is 0 Å². The second-order valence-electron chi connectivity index (χ2n) is 7.88. The molecule has 32 heavy (non-hydrogen) atoms. The Hall–Kier alpha value is -4.00. The van der Waals surface area contributed by atoms with Gasteiger partial charge < -0.3 is 14.8 Å². The van der Waals surface area contributed by atoms with Gasteiger partial charge in [-0.3, -0.25) is 9.78 Å². The normalized spacial score (nSPS) is 12.0. The first-order valence-electron chi connectivity index (χ1n) is 10.2. The number of benzene rings is 1. The summed E-state index contributed by atoms with van der Waals surface area (Å²) < 4.78 is 6.29. The first-order valence-corrected chi connectivity index (χ1v) is 10.2.